The van der Waals surface area contributed by atoms with Crippen molar-refractivity contribution in [3.05, 3.63) is 50.1 Å². The number of ether oxygens (including phenoxy) is 1. The highest BCUT2D eigenvalue weighted by molar-refractivity contribution is 9.11. The third kappa shape index (κ3) is 3.62. The molecule has 0 aliphatic rings. The van der Waals surface area contributed by atoms with Crippen LogP contribution in [0.4, 0.5) is 0 Å². The predicted octanol–water partition coefficient (Wildman–Crippen LogP) is 4.92. The van der Waals surface area contributed by atoms with Crippen LogP contribution in [-0.4, -0.2) is 13.2 Å². The first-order valence-corrected chi connectivity index (χ1v) is 8.48. The van der Waals surface area contributed by atoms with Gasteiger partial charge in [-0.05, 0) is 65.6 Å². The molecule has 0 saturated heterocycles. The molecule has 1 aromatic carbocycles. The first kappa shape index (κ1) is 15.5. The molecule has 0 saturated carbocycles. The highest BCUT2D eigenvalue weighted by Gasteiger charge is 2.16. The van der Waals surface area contributed by atoms with Crippen LogP contribution < -0.4 is 10.1 Å². The van der Waals surface area contributed by atoms with E-state index in [1.54, 1.807) is 11.3 Å². The molecule has 0 aliphatic heterocycles. The Morgan fingerprint density at radius 2 is 1.95 bits per heavy atom. The Morgan fingerprint density at radius 1 is 1.25 bits per heavy atom. The quantitative estimate of drug-likeness (QED) is 0.795. The van der Waals surface area contributed by atoms with Crippen LogP contribution in [0, 0.1) is 6.92 Å². The molecule has 108 valence electrons. The molecular weight excluding hydrogens is 334 g/mol. The van der Waals surface area contributed by atoms with E-state index in [2.05, 4.69) is 53.3 Å². The van der Waals surface area contributed by atoms with E-state index in [4.69, 9.17) is 4.74 Å². The molecule has 1 heterocycles. The lowest BCUT2D eigenvalue weighted by molar-refractivity contribution is 0.340. The van der Waals surface area contributed by atoms with Gasteiger partial charge in [-0.1, -0.05) is 19.1 Å². The lowest BCUT2D eigenvalue weighted by Crippen LogP contribution is -2.21. The molecule has 0 bridgehead atoms. The maximum atomic E-state index is 5.50. The molecule has 0 aliphatic carbocycles. The number of rotatable bonds is 6. The van der Waals surface area contributed by atoms with Gasteiger partial charge in [-0.3, -0.25) is 0 Å². The number of thiophene rings is 1. The summed E-state index contributed by atoms with van der Waals surface area (Å²) in [6, 6.07) is 10.9. The molecule has 1 N–H and O–H groups in total. The SMILES string of the molecule is CCNC(c1ccc(OCC)cc1)c1cc(C)c(Br)s1. The number of nitrogens with one attached hydrogen (secondary N) is 1. The molecule has 1 atom stereocenters. The van der Waals surface area contributed by atoms with E-state index in [9.17, 15) is 0 Å². The van der Waals surface area contributed by atoms with E-state index >= 15 is 0 Å². The van der Waals surface area contributed by atoms with E-state index < -0.39 is 0 Å². The second-order valence-corrected chi connectivity index (χ2v) is 7.00. The van der Waals surface area contributed by atoms with Crippen LogP contribution in [0.25, 0.3) is 0 Å². The minimum atomic E-state index is 0.241. The Hall–Kier alpha value is -0.840. The van der Waals surface area contributed by atoms with Crippen LogP contribution in [0.15, 0.2) is 34.1 Å². The Balaban J connectivity index is 2.27. The molecule has 0 fully saturated rings. The summed E-state index contributed by atoms with van der Waals surface area (Å²) in [5.41, 5.74) is 2.56. The Bertz CT molecular complexity index is 531. The summed E-state index contributed by atoms with van der Waals surface area (Å²) in [5, 5.41) is 3.56. The maximum absolute atomic E-state index is 5.50. The van der Waals surface area contributed by atoms with Gasteiger partial charge in [0.15, 0.2) is 0 Å². The molecule has 0 amide bonds. The van der Waals surface area contributed by atoms with Gasteiger partial charge < -0.3 is 10.1 Å². The summed E-state index contributed by atoms with van der Waals surface area (Å²) >= 11 is 5.41. The van der Waals surface area contributed by atoms with Gasteiger partial charge in [-0.2, -0.15) is 0 Å². The Labute approximate surface area is 133 Å². The average molecular weight is 354 g/mol. The van der Waals surface area contributed by atoms with E-state index in [0.717, 1.165) is 12.3 Å². The highest BCUT2D eigenvalue weighted by atomic mass is 79.9. The third-order valence-corrected chi connectivity index (χ3v) is 5.29. The molecule has 2 nitrogen and oxygen atoms in total. The predicted molar refractivity (Wildman–Crippen MR) is 89.9 cm³/mol. The number of hydrogen-bond acceptors (Lipinski definition) is 3. The second-order valence-electron chi connectivity index (χ2n) is 4.60. The summed E-state index contributed by atoms with van der Waals surface area (Å²) < 4.78 is 6.71. The van der Waals surface area contributed by atoms with Gasteiger partial charge in [-0.15, -0.1) is 11.3 Å². The Kier molecular flexibility index (Phi) is 5.64. The van der Waals surface area contributed by atoms with Crippen molar-refractivity contribution in [1.29, 1.82) is 0 Å². The molecule has 4 heteroatoms. The normalized spacial score (nSPS) is 12.4. The lowest BCUT2D eigenvalue weighted by atomic mass is 10.0. The molecule has 1 unspecified atom stereocenters. The highest BCUT2D eigenvalue weighted by Crippen LogP contribution is 2.34. The zero-order valence-corrected chi connectivity index (χ0v) is 14.5. The van der Waals surface area contributed by atoms with Gasteiger partial charge >= 0.3 is 0 Å². The van der Waals surface area contributed by atoms with Crippen LogP contribution in [0.1, 0.15) is 35.9 Å². The minimum absolute atomic E-state index is 0.241. The fourth-order valence-electron chi connectivity index (χ4n) is 2.14. The van der Waals surface area contributed by atoms with Gasteiger partial charge in [-0.25, -0.2) is 0 Å². The average Bonchev–Trinajstić information content (AvgIpc) is 2.77. The number of halogens is 1. The van der Waals surface area contributed by atoms with Crippen molar-refractivity contribution >= 4 is 27.3 Å². The summed E-state index contributed by atoms with van der Waals surface area (Å²) in [7, 11) is 0. The van der Waals surface area contributed by atoms with Gasteiger partial charge in [0.2, 0.25) is 0 Å². The zero-order valence-electron chi connectivity index (χ0n) is 12.1. The van der Waals surface area contributed by atoms with Crippen molar-refractivity contribution in [1.82, 2.24) is 5.32 Å². The zero-order chi connectivity index (χ0) is 14.5. The fourth-order valence-corrected chi connectivity index (χ4v) is 3.81. The second kappa shape index (κ2) is 7.25. The van der Waals surface area contributed by atoms with Crippen molar-refractivity contribution in [3.8, 4) is 5.75 Å². The standard InChI is InChI=1S/C16H20BrNOS/c1-4-18-15(14-10-11(3)16(17)20-14)12-6-8-13(9-7-12)19-5-2/h6-10,15,18H,4-5H2,1-3H3. The van der Waals surface area contributed by atoms with Crippen LogP contribution in [0.5, 0.6) is 5.75 Å². The molecule has 2 rings (SSSR count). The largest absolute Gasteiger partial charge is 0.494 e. The molecule has 20 heavy (non-hydrogen) atoms. The van der Waals surface area contributed by atoms with Crippen molar-refractivity contribution in [2.45, 2.75) is 26.8 Å². The first-order valence-electron chi connectivity index (χ1n) is 6.87. The van der Waals surface area contributed by atoms with Crippen molar-refractivity contribution in [3.63, 3.8) is 0 Å². The van der Waals surface area contributed by atoms with Crippen LogP contribution >= 0.6 is 27.3 Å². The van der Waals surface area contributed by atoms with Gasteiger partial charge in [0.05, 0.1) is 16.4 Å². The summed E-state index contributed by atoms with van der Waals surface area (Å²) in [4.78, 5) is 1.33. The third-order valence-electron chi connectivity index (χ3n) is 3.09. The van der Waals surface area contributed by atoms with Gasteiger partial charge in [0.1, 0.15) is 5.75 Å². The minimum Gasteiger partial charge on any atom is -0.494 e. The van der Waals surface area contributed by atoms with E-state index in [-0.39, 0.29) is 6.04 Å². The van der Waals surface area contributed by atoms with Crippen molar-refractivity contribution in [2.24, 2.45) is 0 Å². The lowest BCUT2D eigenvalue weighted by Gasteiger charge is -2.17. The molecule has 1 aromatic heterocycles. The van der Waals surface area contributed by atoms with Crippen LogP contribution in [0.2, 0.25) is 0 Å². The maximum Gasteiger partial charge on any atom is 0.119 e. The van der Waals surface area contributed by atoms with Crippen molar-refractivity contribution in [2.75, 3.05) is 13.2 Å². The number of hydrogen-bond donors (Lipinski definition) is 1. The summed E-state index contributed by atoms with van der Waals surface area (Å²) in [6.07, 6.45) is 0. The van der Waals surface area contributed by atoms with Gasteiger partial charge in [0, 0.05) is 4.88 Å². The van der Waals surface area contributed by atoms with E-state index in [1.807, 2.05) is 19.1 Å². The fraction of sp³-hybridized carbons (Fsp3) is 0.375. The first-order chi connectivity index (χ1) is 9.65. The molecule has 2 aromatic rings. The number of benzene rings is 1. The number of aryl methyl sites for hydroxylation is 1. The monoisotopic (exact) mass is 353 g/mol. The van der Waals surface area contributed by atoms with Crippen LogP contribution in [0.3, 0.4) is 0 Å². The van der Waals surface area contributed by atoms with Crippen molar-refractivity contribution < 1.29 is 4.74 Å². The van der Waals surface area contributed by atoms with Gasteiger partial charge in [0.25, 0.3) is 0 Å². The smallest absolute Gasteiger partial charge is 0.119 e. The van der Waals surface area contributed by atoms with E-state index in [1.165, 1.54) is 19.8 Å². The summed E-state index contributed by atoms with van der Waals surface area (Å²) in [6.45, 7) is 7.91. The summed E-state index contributed by atoms with van der Waals surface area (Å²) in [5.74, 6) is 0.926. The molecule has 0 spiro atoms. The molecule has 0 radical (unpaired) electrons. The van der Waals surface area contributed by atoms with Crippen LogP contribution in [-0.2, 0) is 0 Å². The molecular formula is C16H20BrNOS. The topological polar surface area (TPSA) is 21.3 Å². The van der Waals surface area contributed by atoms with E-state index in [0.29, 0.717) is 6.61 Å². The Morgan fingerprint density at radius 3 is 2.45 bits per heavy atom.